The van der Waals surface area contributed by atoms with Gasteiger partial charge in [-0.25, -0.2) is 9.37 Å². The lowest BCUT2D eigenvalue weighted by atomic mass is 9.80. The first-order valence-corrected chi connectivity index (χ1v) is 12.5. The Labute approximate surface area is 208 Å². The molecule has 1 atom stereocenters. The number of anilines is 1. The molecule has 0 bridgehead atoms. The second-order valence-electron chi connectivity index (χ2n) is 9.85. The molecule has 6 rings (SSSR count). The Balaban J connectivity index is 1.38. The third-order valence-corrected chi connectivity index (χ3v) is 8.11. The van der Waals surface area contributed by atoms with Crippen LogP contribution in [0.25, 0.3) is 11.1 Å². The number of fused-ring (bicyclic) bond motifs is 2. The SMILES string of the molecule is Cn1cc([C@H]2CCCCN2C(=O)c2cccc(-c3cnc4c(c3Cl)C3(CC=CC3)CN4)c2F)cn1. The molecule has 1 aliphatic carbocycles. The summed E-state index contributed by atoms with van der Waals surface area (Å²) in [5.41, 5.74) is 2.68. The molecular weight excluding hydrogens is 465 g/mol. The molecule has 180 valence electrons. The van der Waals surface area contributed by atoms with E-state index in [9.17, 15) is 4.79 Å². The number of nitrogens with one attached hydrogen (secondary N) is 1. The molecule has 1 amide bonds. The average molecular weight is 492 g/mol. The number of nitrogens with zero attached hydrogens (tertiary/aromatic N) is 4. The summed E-state index contributed by atoms with van der Waals surface area (Å²) in [6, 6.07) is 4.86. The van der Waals surface area contributed by atoms with Crippen LogP contribution in [0.1, 0.15) is 59.6 Å². The predicted molar refractivity (Wildman–Crippen MR) is 134 cm³/mol. The molecule has 35 heavy (non-hydrogen) atoms. The second-order valence-corrected chi connectivity index (χ2v) is 10.2. The Morgan fingerprint density at radius 2 is 2.03 bits per heavy atom. The van der Waals surface area contributed by atoms with Gasteiger partial charge in [-0.1, -0.05) is 35.9 Å². The van der Waals surface area contributed by atoms with Gasteiger partial charge in [-0.15, -0.1) is 0 Å². The van der Waals surface area contributed by atoms with Crippen molar-refractivity contribution in [3.63, 3.8) is 0 Å². The molecule has 2 aromatic heterocycles. The van der Waals surface area contributed by atoms with E-state index in [2.05, 4.69) is 27.6 Å². The van der Waals surface area contributed by atoms with Crippen molar-refractivity contribution in [3.05, 3.63) is 76.5 Å². The number of hydrogen-bond donors (Lipinski definition) is 1. The van der Waals surface area contributed by atoms with E-state index >= 15 is 4.39 Å². The molecule has 0 radical (unpaired) electrons. The number of rotatable bonds is 3. The van der Waals surface area contributed by atoms with Crippen molar-refractivity contribution < 1.29 is 9.18 Å². The fourth-order valence-electron chi connectivity index (χ4n) is 5.88. The molecule has 2 aliphatic heterocycles. The number of piperidine rings is 1. The van der Waals surface area contributed by atoms with Crippen molar-refractivity contribution in [1.29, 1.82) is 0 Å². The van der Waals surface area contributed by atoms with Gasteiger partial charge in [0.15, 0.2) is 0 Å². The molecule has 0 unspecified atom stereocenters. The van der Waals surface area contributed by atoms with Gasteiger partial charge in [0.05, 0.1) is 22.8 Å². The number of benzene rings is 1. The topological polar surface area (TPSA) is 63.1 Å². The highest BCUT2D eigenvalue weighted by Crippen LogP contribution is 2.50. The van der Waals surface area contributed by atoms with E-state index < -0.39 is 5.82 Å². The van der Waals surface area contributed by atoms with Crippen LogP contribution in [-0.4, -0.2) is 38.7 Å². The lowest BCUT2D eigenvalue weighted by molar-refractivity contribution is 0.0607. The molecule has 0 saturated carbocycles. The average Bonchev–Trinajstić information content (AvgIpc) is 3.61. The smallest absolute Gasteiger partial charge is 0.257 e. The first-order valence-electron chi connectivity index (χ1n) is 12.1. The second kappa shape index (κ2) is 8.48. The molecule has 1 fully saturated rings. The van der Waals surface area contributed by atoms with Crippen molar-refractivity contribution in [3.8, 4) is 11.1 Å². The molecule has 6 nitrogen and oxygen atoms in total. The zero-order valence-corrected chi connectivity index (χ0v) is 20.4. The van der Waals surface area contributed by atoms with Crippen molar-refractivity contribution >= 4 is 23.3 Å². The maximum Gasteiger partial charge on any atom is 0.257 e. The van der Waals surface area contributed by atoms with Crippen LogP contribution in [0, 0.1) is 5.82 Å². The predicted octanol–water partition coefficient (Wildman–Crippen LogP) is 5.66. The normalized spacial score (nSPS) is 20.3. The molecule has 4 heterocycles. The van der Waals surface area contributed by atoms with Crippen molar-refractivity contribution in [2.75, 3.05) is 18.4 Å². The Kier molecular flexibility index (Phi) is 5.40. The van der Waals surface area contributed by atoms with Gasteiger partial charge in [0.2, 0.25) is 0 Å². The number of carbonyl (C=O) groups is 1. The van der Waals surface area contributed by atoms with Gasteiger partial charge in [-0.3, -0.25) is 9.48 Å². The largest absolute Gasteiger partial charge is 0.369 e. The zero-order valence-electron chi connectivity index (χ0n) is 19.6. The molecule has 1 spiro atoms. The summed E-state index contributed by atoms with van der Waals surface area (Å²) in [6.45, 7) is 1.35. The van der Waals surface area contributed by atoms with Gasteiger partial charge in [0, 0.05) is 60.2 Å². The Morgan fingerprint density at radius 1 is 1.20 bits per heavy atom. The minimum atomic E-state index is -0.554. The van der Waals surface area contributed by atoms with Crippen molar-refractivity contribution in [1.82, 2.24) is 19.7 Å². The van der Waals surface area contributed by atoms with E-state index in [0.29, 0.717) is 22.7 Å². The monoisotopic (exact) mass is 491 g/mol. The van der Waals surface area contributed by atoms with E-state index in [1.165, 1.54) is 0 Å². The molecular formula is C27H27ClFN5O. The summed E-state index contributed by atoms with van der Waals surface area (Å²) in [4.78, 5) is 20.0. The zero-order chi connectivity index (χ0) is 24.2. The van der Waals surface area contributed by atoms with E-state index in [4.69, 9.17) is 11.6 Å². The maximum atomic E-state index is 16.0. The first kappa shape index (κ1) is 22.3. The Hall–Kier alpha value is -3.19. The summed E-state index contributed by atoms with van der Waals surface area (Å²) < 4.78 is 17.8. The van der Waals surface area contributed by atoms with Crippen molar-refractivity contribution in [2.24, 2.45) is 7.05 Å². The number of aromatic nitrogens is 3. The van der Waals surface area contributed by atoms with Crippen molar-refractivity contribution in [2.45, 2.75) is 43.6 Å². The maximum absolute atomic E-state index is 16.0. The van der Waals surface area contributed by atoms with Crippen LogP contribution in [0.3, 0.4) is 0 Å². The molecule has 8 heteroatoms. The van der Waals surface area contributed by atoms with Crippen LogP contribution >= 0.6 is 11.6 Å². The number of halogens is 2. The van der Waals surface area contributed by atoms with Gasteiger partial charge in [0.1, 0.15) is 11.6 Å². The van der Waals surface area contributed by atoms with Gasteiger partial charge in [-0.2, -0.15) is 5.10 Å². The van der Waals surface area contributed by atoms with Crippen LogP contribution in [0.4, 0.5) is 10.2 Å². The van der Waals surface area contributed by atoms with Crippen LogP contribution in [0.5, 0.6) is 0 Å². The number of pyridine rings is 1. The molecule has 1 aromatic carbocycles. The quantitative estimate of drug-likeness (QED) is 0.480. The van der Waals surface area contributed by atoms with Crippen LogP contribution in [0.15, 0.2) is 48.9 Å². The van der Waals surface area contributed by atoms with Gasteiger partial charge < -0.3 is 10.2 Å². The number of hydrogen-bond acceptors (Lipinski definition) is 4. The third kappa shape index (κ3) is 3.56. The standard InChI is InChI=1S/C27H27ClFN5O/c1-33-15-17(13-32-33)21-9-2-5-12-34(21)26(35)19-8-6-7-18(24(19)29)20-14-30-25-22(23(20)28)27(16-31-25)10-3-4-11-27/h3-4,6-8,13-15,21H,2,5,9-12,16H2,1H3,(H,30,31)/t21-/m1/s1. The highest BCUT2D eigenvalue weighted by atomic mass is 35.5. The number of allylic oxidation sites excluding steroid dienone is 2. The summed E-state index contributed by atoms with van der Waals surface area (Å²) in [5, 5.41) is 8.15. The summed E-state index contributed by atoms with van der Waals surface area (Å²) in [6.07, 6.45) is 14.2. The molecule has 3 aromatic rings. The molecule has 3 aliphatic rings. The summed E-state index contributed by atoms with van der Waals surface area (Å²) in [5.74, 6) is -0.0924. The highest BCUT2D eigenvalue weighted by Gasteiger charge is 2.42. The lowest BCUT2D eigenvalue weighted by Crippen LogP contribution is -2.38. The fraction of sp³-hybridized carbons (Fsp3) is 0.370. The summed E-state index contributed by atoms with van der Waals surface area (Å²) in [7, 11) is 1.86. The van der Waals surface area contributed by atoms with Gasteiger partial charge >= 0.3 is 0 Å². The lowest BCUT2D eigenvalue weighted by Gasteiger charge is -2.35. The molecule has 1 saturated heterocycles. The first-order chi connectivity index (χ1) is 17.0. The number of carbonyl (C=O) groups excluding carboxylic acids is 1. The van der Waals surface area contributed by atoms with Gasteiger partial charge in [-0.05, 0) is 38.2 Å². The Morgan fingerprint density at radius 3 is 2.80 bits per heavy atom. The van der Waals surface area contributed by atoms with E-state index in [1.54, 1.807) is 40.2 Å². The van der Waals surface area contributed by atoms with E-state index in [0.717, 1.165) is 55.6 Å². The van der Waals surface area contributed by atoms with E-state index in [1.807, 2.05) is 13.2 Å². The summed E-state index contributed by atoms with van der Waals surface area (Å²) >= 11 is 6.94. The fourth-order valence-corrected chi connectivity index (χ4v) is 6.32. The molecule has 1 N–H and O–H groups in total. The minimum absolute atomic E-state index is 0.0604. The third-order valence-electron chi connectivity index (χ3n) is 7.72. The van der Waals surface area contributed by atoms with Gasteiger partial charge in [0.25, 0.3) is 5.91 Å². The number of amides is 1. The highest BCUT2D eigenvalue weighted by molar-refractivity contribution is 6.34. The van der Waals surface area contributed by atoms with Crippen LogP contribution in [-0.2, 0) is 12.5 Å². The number of likely N-dealkylation sites (tertiary alicyclic amines) is 1. The minimum Gasteiger partial charge on any atom is -0.369 e. The van der Waals surface area contributed by atoms with Crippen LogP contribution < -0.4 is 5.32 Å². The Bertz CT molecular complexity index is 1340. The van der Waals surface area contributed by atoms with Crippen LogP contribution in [0.2, 0.25) is 5.02 Å². The van der Waals surface area contributed by atoms with E-state index in [-0.39, 0.29) is 22.9 Å². The number of aryl methyl sites for hydroxylation is 1.